The number of rotatable bonds is 3. The molecule has 0 atom stereocenters. The third-order valence-corrected chi connectivity index (χ3v) is 3.88. The largest absolute Gasteiger partial charge is 0.476 e. The Morgan fingerprint density at radius 2 is 2.32 bits per heavy atom. The van der Waals surface area contributed by atoms with Gasteiger partial charge in [0.1, 0.15) is 11.3 Å². The average molecular weight is 273 g/mol. The van der Waals surface area contributed by atoms with Crippen LogP contribution >= 0.6 is 11.3 Å². The molecule has 0 saturated carbocycles. The molecule has 0 unspecified atom stereocenters. The molecule has 6 heteroatoms. The summed E-state index contributed by atoms with van der Waals surface area (Å²) in [5.41, 5.74) is 1.58. The maximum Gasteiger partial charge on any atom is 0.365 e. The predicted octanol–water partition coefficient (Wildman–Crippen LogP) is 2.74. The Labute approximate surface area is 113 Å². The molecule has 19 heavy (non-hydrogen) atoms. The van der Waals surface area contributed by atoms with E-state index in [9.17, 15) is 4.79 Å². The zero-order chi connectivity index (χ0) is 13.4. The third kappa shape index (κ3) is 1.90. The summed E-state index contributed by atoms with van der Waals surface area (Å²) in [5, 5.41) is 9.15. The average Bonchev–Trinajstić information content (AvgIpc) is 3.04. The van der Waals surface area contributed by atoms with Gasteiger partial charge in [-0.15, -0.1) is 11.3 Å². The standard InChI is InChI=1S/C13H11N3O2S/c1-2-10-14-6-7-16(10)8-4-3-5-9-11(8)15-12(19-9)13(17)18/h3-7H,2H2,1H3,(H,17,18). The molecule has 0 fully saturated rings. The first-order chi connectivity index (χ1) is 9.20. The van der Waals surface area contributed by atoms with Gasteiger partial charge in [0.25, 0.3) is 0 Å². The van der Waals surface area contributed by atoms with E-state index in [1.165, 1.54) is 11.3 Å². The van der Waals surface area contributed by atoms with E-state index in [0.29, 0.717) is 5.52 Å². The smallest absolute Gasteiger partial charge is 0.365 e. The number of aryl methyl sites for hydroxylation is 1. The highest BCUT2D eigenvalue weighted by molar-refractivity contribution is 7.20. The molecule has 2 heterocycles. The molecule has 0 amide bonds. The number of nitrogens with zero attached hydrogens (tertiary/aromatic N) is 3. The van der Waals surface area contributed by atoms with Crippen molar-refractivity contribution in [3.8, 4) is 5.69 Å². The number of carbonyl (C=O) groups is 1. The summed E-state index contributed by atoms with van der Waals surface area (Å²) in [7, 11) is 0. The molecule has 3 aromatic rings. The van der Waals surface area contributed by atoms with Crippen LogP contribution in [0.3, 0.4) is 0 Å². The van der Waals surface area contributed by atoms with Gasteiger partial charge in [-0.3, -0.25) is 0 Å². The van der Waals surface area contributed by atoms with Crippen LogP contribution < -0.4 is 0 Å². The van der Waals surface area contributed by atoms with E-state index in [2.05, 4.69) is 9.97 Å². The number of hydrogen-bond acceptors (Lipinski definition) is 4. The number of hydrogen-bond donors (Lipinski definition) is 1. The molecule has 0 aliphatic carbocycles. The van der Waals surface area contributed by atoms with Crippen molar-refractivity contribution >= 4 is 27.5 Å². The molecule has 2 aromatic heterocycles. The Kier molecular flexibility index (Phi) is 2.79. The number of carboxylic acids is 1. The van der Waals surface area contributed by atoms with E-state index in [1.54, 1.807) is 6.20 Å². The molecule has 3 rings (SSSR count). The molecule has 0 spiro atoms. The molecule has 1 aromatic carbocycles. The van der Waals surface area contributed by atoms with Crippen LogP contribution in [0, 0.1) is 0 Å². The molecule has 5 nitrogen and oxygen atoms in total. The number of carboxylic acid groups (broad SMARTS) is 1. The maximum absolute atomic E-state index is 11.0. The molecular weight excluding hydrogens is 262 g/mol. The summed E-state index contributed by atoms with van der Waals surface area (Å²) < 4.78 is 2.82. The fourth-order valence-electron chi connectivity index (χ4n) is 2.04. The lowest BCUT2D eigenvalue weighted by Crippen LogP contribution is -2.00. The van der Waals surface area contributed by atoms with Crippen LogP contribution in [0.1, 0.15) is 22.6 Å². The minimum Gasteiger partial charge on any atom is -0.476 e. The van der Waals surface area contributed by atoms with Gasteiger partial charge in [-0.1, -0.05) is 13.0 Å². The lowest BCUT2D eigenvalue weighted by molar-refractivity contribution is 0.0696. The van der Waals surface area contributed by atoms with E-state index >= 15 is 0 Å². The second-order valence-electron chi connectivity index (χ2n) is 4.02. The lowest BCUT2D eigenvalue weighted by atomic mass is 10.2. The predicted molar refractivity (Wildman–Crippen MR) is 73.1 cm³/mol. The zero-order valence-corrected chi connectivity index (χ0v) is 11.0. The van der Waals surface area contributed by atoms with Crippen molar-refractivity contribution in [1.29, 1.82) is 0 Å². The van der Waals surface area contributed by atoms with Crippen molar-refractivity contribution in [3.63, 3.8) is 0 Å². The van der Waals surface area contributed by atoms with E-state index in [4.69, 9.17) is 5.11 Å². The number of benzene rings is 1. The molecule has 0 saturated heterocycles. The van der Waals surface area contributed by atoms with Crippen LogP contribution in [0.4, 0.5) is 0 Å². The molecule has 0 aliphatic rings. The highest BCUT2D eigenvalue weighted by atomic mass is 32.1. The summed E-state index contributed by atoms with van der Waals surface area (Å²) in [6.45, 7) is 2.03. The normalized spacial score (nSPS) is 11.0. The molecule has 0 bridgehead atoms. The number of aromatic carboxylic acids is 1. The second-order valence-corrected chi connectivity index (χ2v) is 5.05. The third-order valence-electron chi connectivity index (χ3n) is 2.87. The summed E-state index contributed by atoms with van der Waals surface area (Å²) in [6.07, 6.45) is 4.41. The van der Waals surface area contributed by atoms with Crippen molar-refractivity contribution < 1.29 is 9.90 Å². The first-order valence-electron chi connectivity index (χ1n) is 5.86. The van der Waals surface area contributed by atoms with Gasteiger partial charge < -0.3 is 9.67 Å². The first-order valence-corrected chi connectivity index (χ1v) is 6.67. The first kappa shape index (κ1) is 11.9. The van der Waals surface area contributed by atoms with Crippen molar-refractivity contribution in [2.45, 2.75) is 13.3 Å². The van der Waals surface area contributed by atoms with Crippen LogP contribution in [0.2, 0.25) is 0 Å². The van der Waals surface area contributed by atoms with Crippen molar-refractivity contribution in [3.05, 3.63) is 41.4 Å². The molecule has 0 radical (unpaired) electrons. The molecule has 1 N–H and O–H groups in total. The Hall–Kier alpha value is -2.21. The van der Waals surface area contributed by atoms with Crippen LogP contribution in [-0.4, -0.2) is 25.6 Å². The minimum atomic E-state index is -0.992. The quantitative estimate of drug-likeness (QED) is 0.796. The Bertz CT molecular complexity index is 760. The Morgan fingerprint density at radius 1 is 1.47 bits per heavy atom. The Balaban J connectivity index is 2.26. The fourth-order valence-corrected chi connectivity index (χ4v) is 2.86. The van der Waals surface area contributed by atoms with Crippen molar-refractivity contribution in [2.75, 3.05) is 0 Å². The lowest BCUT2D eigenvalue weighted by Gasteiger charge is -2.06. The van der Waals surface area contributed by atoms with E-state index in [0.717, 1.165) is 22.6 Å². The molecular formula is C13H11N3O2S. The van der Waals surface area contributed by atoms with Crippen LogP contribution in [0.25, 0.3) is 15.9 Å². The van der Waals surface area contributed by atoms with Gasteiger partial charge >= 0.3 is 5.97 Å². The van der Waals surface area contributed by atoms with Crippen LogP contribution in [0.15, 0.2) is 30.6 Å². The van der Waals surface area contributed by atoms with Gasteiger partial charge in [0.15, 0.2) is 0 Å². The monoisotopic (exact) mass is 273 g/mol. The number of thiazole rings is 1. The van der Waals surface area contributed by atoms with Gasteiger partial charge in [-0.2, -0.15) is 0 Å². The van der Waals surface area contributed by atoms with E-state index < -0.39 is 5.97 Å². The van der Waals surface area contributed by atoms with Crippen molar-refractivity contribution in [2.24, 2.45) is 0 Å². The van der Waals surface area contributed by atoms with Crippen LogP contribution in [-0.2, 0) is 6.42 Å². The van der Waals surface area contributed by atoms with Gasteiger partial charge in [-0.25, -0.2) is 14.8 Å². The molecule has 96 valence electrons. The topological polar surface area (TPSA) is 68.0 Å². The van der Waals surface area contributed by atoms with E-state index in [-0.39, 0.29) is 5.01 Å². The van der Waals surface area contributed by atoms with Crippen molar-refractivity contribution in [1.82, 2.24) is 14.5 Å². The summed E-state index contributed by atoms with van der Waals surface area (Å²) in [5.74, 6) is -0.0640. The Morgan fingerprint density at radius 3 is 3.05 bits per heavy atom. The van der Waals surface area contributed by atoms with Crippen LogP contribution in [0.5, 0.6) is 0 Å². The SMILES string of the molecule is CCc1nccn1-c1cccc2sc(C(=O)O)nc12. The zero-order valence-electron chi connectivity index (χ0n) is 10.2. The number of imidazole rings is 1. The maximum atomic E-state index is 11.0. The number of para-hydroxylation sites is 1. The number of aromatic nitrogens is 3. The highest BCUT2D eigenvalue weighted by Gasteiger charge is 2.14. The molecule has 0 aliphatic heterocycles. The van der Waals surface area contributed by atoms with Gasteiger partial charge in [0.05, 0.1) is 10.4 Å². The summed E-state index contributed by atoms with van der Waals surface area (Å²) >= 11 is 1.19. The van der Waals surface area contributed by atoms with E-state index in [1.807, 2.05) is 35.9 Å². The summed E-state index contributed by atoms with van der Waals surface area (Å²) in [4.78, 5) is 19.5. The fraction of sp³-hybridized carbons (Fsp3) is 0.154. The second kappa shape index (κ2) is 4.47. The minimum absolute atomic E-state index is 0.112. The highest BCUT2D eigenvalue weighted by Crippen LogP contribution is 2.27. The van der Waals surface area contributed by atoms with Gasteiger partial charge in [0, 0.05) is 18.8 Å². The summed E-state index contributed by atoms with van der Waals surface area (Å²) in [6, 6.07) is 5.71. The van der Waals surface area contributed by atoms with Gasteiger partial charge in [-0.05, 0) is 12.1 Å². The number of fused-ring (bicyclic) bond motifs is 1. The van der Waals surface area contributed by atoms with Gasteiger partial charge in [0.2, 0.25) is 5.01 Å².